The van der Waals surface area contributed by atoms with E-state index < -0.39 is 5.82 Å². The van der Waals surface area contributed by atoms with Gasteiger partial charge >= 0.3 is 0 Å². The summed E-state index contributed by atoms with van der Waals surface area (Å²) in [5.41, 5.74) is 0.0821. The molecule has 0 radical (unpaired) electrons. The molecule has 0 bridgehead atoms. The molecule has 1 aromatic heterocycles. The molecule has 0 aliphatic rings. The summed E-state index contributed by atoms with van der Waals surface area (Å²) in [4.78, 5) is 15.8. The predicted molar refractivity (Wildman–Crippen MR) is 78.3 cm³/mol. The van der Waals surface area contributed by atoms with E-state index in [2.05, 4.69) is 4.98 Å². The minimum Gasteiger partial charge on any atom is -0.497 e. The number of aromatic nitrogens is 2. The van der Waals surface area contributed by atoms with E-state index >= 15 is 0 Å². The van der Waals surface area contributed by atoms with Crippen LogP contribution < -0.4 is 10.3 Å². The molecule has 2 rings (SSSR count). The predicted octanol–water partition coefficient (Wildman–Crippen LogP) is 2.70. The summed E-state index contributed by atoms with van der Waals surface area (Å²) in [5.74, 6) is -0.00591. The van der Waals surface area contributed by atoms with E-state index in [1.165, 1.54) is 24.1 Å². The van der Waals surface area contributed by atoms with Gasteiger partial charge in [0, 0.05) is 11.6 Å². The zero-order valence-corrected chi connectivity index (χ0v) is 12.8. The summed E-state index contributed by atoms with van der Waals surface area (Å²) in [5, 5.41) is 0.150. The zero-order chi connectivity index (χ0) is 14.0. The van der Waals surface area contributed by atoms with Gasteiger partial charge in [0.05, 0.1) is 20.0 Å². The number of hydrogen-bond acceptors (Lipinski definition) is 3. The van der Waals surface area contributed by atoms with Crippen molar-refractivity contribution in [3.05, 3.63) is 55.0 Å². The van der Waals surface area contributed by atoms with Crippen LogP contribution in [0.15, 0.2) is 29.3 Å². The maximum atomic E-state index is 13.8. The molecular weight excluding hydrogens is 385 g/mol. The van der Waals surface area contributed by atoms with Gasteiger partial charge in [-0.15, -0.1) is 0 Å². The Morgan fingerprint density at radius 3 is 2.89 bits per heavy atom. The minimum atomic E-state index is -0.434. The molecule has 19 heavy (non-hydrogen) atoms. The van der Waals surface area contributed by atoms with Gasteiger partial charge in [0.2, 0.25) is 0 Å². The average Bonchev–Trinajstić information content (AvgIpc) is 2.41. The van der Waals surface area contributed by atoms with Crippen LogP contribution in [-0.4, -0.2) is 16.7 Å². The van der Waals surface area contributed by atoms with E-state index in [-0.39, 0.29) is 17.3 Å². The highest BCUT2D eigenvalue weighted by Crippen LogP contribution is 2.17. The summed E-state index contributed by atoms with van der Waals surface area (Å²) in [6.07, 6.45) is 1.30. The molecule has 0 atom stereocenters. The van der Waals surface area contributed by atoms with E-state index in [1.54, 1.807) is 12.1 Å². The number of methoxy groups -OCH3 is 1. The highest BCUT2D eigenvalue weighted by molar-refractivity contribution is 14.1. The third kappa shape index (κ3) is 3.06. The van der Waals surface area contributed by atoms with Crippen LogP contribution in [0.4, 0.5) is 4.39 Å². The number of rotatable bonds is 3. The third-order valence-electron chi connectivity index (χ3n) is 2.54. The molecule has 4 nitrogen and oxygen atoms in total. The van der Waals surface area contributed by atoms with Gasteiger partial charge in [-0.3, -0.25) is 9.36 Å². The van der Waals surface area contributed by atoms with Crippen molar-refractivity contribution >= 4 is 34.2 Å². The Morgan fingerprint density at radius 2 is 2.26 bits per heavy atom. The van der Waals surface area contributed by atoms with Crippen LogP contribution in [0.1, 0.15) is 5.56 Å². The molecule has 0 N–H and O–H groups in total. The SMILES string of the molecule is COc1ccc(Cn2cnc(Cl)c(I)c2=O)c(F)c1. The normalized spacial score (nSPS) is 10.5. The second-order valence-corrected chi connectivity index (χ2v) is 5.18. The molecule has 0 saturated carbocycles. The fourth-order valence-corrected chi connectivity index (χ4v) is 2.10. The van der Waals surface area contributed by atoms with Gasteiger partial charge in [-0.05, 0) is 28.7 Å². The van der Waals surface area contributed by atoms with Crippen molar-refractivity contribution in [1.29, 1.82) is 0 Å². The molecule has 1 aromatic carbocycles. The molecule has 100 valence electrons. The summed E-state index contributed by atoms with van der Waals surface area (Å²) in [6, 6.07) is 4.48. The van der Waals surface area contributed by atoms with Gasteiger partial charge in [-0.1, -0.05) is 17.7 Å². The first kappa shape index (κ1) is 14.3. The van der Waals surface area contributed by atoms with Crippen LogP contribution in [0, 0.1) is 9.39 Å². The van der Waals surface area contributed by atoms with Crippen molar-refractivity contribution in [2.24, 2.45) is 0 Å². The lowest BCUT2D eigenvalue weighted by molar-refractivity contribution is 0.410. The smallest absolute Gasteiger partial charge is 0.268 e. The maximum Gasteiger partial charge on any atom is 0.268 e. The topological polar surface area (TPSA) is 44.1 Å². The van der Waals surface area contributed by atoms with Crippen molar-refractivity contribution < 1.29 is 9.13 Å². The number of nitrogens with zero attached hydrogens (tertiary/aromatic N) is 2. The van der Waals surface area contributed by atoms with Gasteiger partial charge < -0.3 is 4.74 Å². The van der Waals surface area contributed by atoms with Gasteiger partial charge in [0.15, 0.2) is 0 Å². The maximum absolute atomic E-state index is 13.8. The molecule has 0 aliphatic heterocycles. The van der Waals surface area contributed by atoms with Gasteiger partial charge in [0.1, 0.15) is 20.3 Å². The van der Waals surface area contributed by atoms with Crippen molar-refractivity contribution in [3.63, 3.8) is 0 Å². The summed E-state index contributed by atoms with van der Waals surface area (Å²) in [7, 11) is 1.46. The second-order valence-electron chi connectivity index (χ2n) is 3.74. The number of halogens is 3. The molecule has 0 aliphatic carbocycles. The Kier molecular flexibility index (Phi) is 4.41. The standard InChI is InChI=1S/C12H9ClFIN2O2/c1-19-8-3-2-7(9(14)4-8)5-17-6-16-11(13)10(15)12(17)18/h2-4,6H,5H2,1H3. The molecular formula is C12H9ClFIN2O2. The Balaban J connectivity index is 2.37. The lowest BCUT2D eigenvalue weighted by atomic mass is 10.2. The molecule has 0 fully saturated rings. The van der Waals surface area contributed by atoms with E-state index in [0.717, 1.165) is 0 Å². The first-order valence-corrected chi connectivity index (χ1v) is 6.71. The van der Waals surface area contributed by atoms with Crippen LogP contribution >= 0.6 is 34.2 Å². The van der Waals surface area contributed by atoms with Gasteiger partial charge in [-0.2, -0.15) is 0 Å². The molecule has 0 amide bonds. The average molecular weight is 395 g/mol. The monoisotopic (exact) mass is 394 g/mol. The first-order chi connectivity index (χ1) is 9.02. The fraction of sp³-hybridized carbons (Fsp3) is 0.167. The highest BCUT2D eigenvalue weighted by Gasteiger charge is 2.10. The van der Waals surface area contributed by atoms with Gasteiger partial charge in [0.25, 0.3) is 5.56 Å². The number of ether oxygens (including phenoxy) is 1. The highest BCUT2D eigenvalue weighted by atomic mass is 127. The Bertz CT molecular complexity index is 675. The molecule has 1 heterocycles. The summed E-state index contributed by atoms with van der Waals surface area (Å²) < 4.78 is 20.3. The lowest BCUT2D eigenvalue weighted by Crippen LogP contribution is -2.24. The minimum absolute atomic E-state index is 0.0921. The molecule has 0 unspecified atom stereocenters. The molecule has 7 heteroatoms. The van der Waals surface area contributed by atoms with Crippen LogP contribution in [0.3, 0.4) is 0 Å². The summed E-state index contributed by atoms with van der Waals surface area (Å²) >= 11 is 7.55. The van der Waals surface area contributed by atoms with Gasteiger partial charge in [-0.25, -0.2) is 9.37 Å². The number of hydrogen-bond donors (Lipinski definition) is 0. The third-order valence-corrected chi connectivity index (χ3v) is 4.12. The van der Waals surface area contributed by atoms with Crippen LogP contribution in [-0.2, 0) is 6.54 Å². The molecule has 2 aromatic rings. The van der Waals surface area contributed by atoms with Crippen molar-refractivity contribution in [3.8, 4) is 5.75 Å². The van der Waals surface area contributed by atoms with Crippen LogP contribution in [0.25, 0.3) is 0 Å². The summed E-state index contributed by atoms with van der Waals surface area (Å²) in [6.45, 7) is 0.0921. The van der Waals surface area contributed by atoms with Crippen molar-refractivity contribution in [2.75, 3.05) is 7.11 Å². The van der Waals surface area contributed by atoms with E-state index in [1.807, 2.05) is 22.6 Å². The van der Waals surface area contributed by atoms with E-state index in [0.29, 0.717) is 14.9 Å². The Morgan fingerprint density at radius 1 is 1.53 bits per heavy atom. The molecule has 0 saturated heterocycles. The van der Waals surface area contributed by atoms with Crippen LogP contribution in [0.2, 0.25) is 5.15 Å². The second kappa shape index (κ2) is 5.87. The fourth-order valence-electron chi connectivity index (χ4n) is 1.52. The van der Waals surface area contributed by atoms with E-state index in [4.69, 9.17) is 16.3 Å². The largest absolute Gasteiger partial charge is 0.497 e. The molecule has 0 spiro atoms. The quantitative estimate of drug-likeness (QED) is 0.594. The Hall–Kier alpha value is -1.15. The Labute approximate surface area is 127 Å². The van der Waals surface area contributed by atoms with Crippen molar-refractivity contribution in [1.82, 2.24) is 9.55 Å². The van der Waals surface area contributed by atoms with Crippen LogP contribution in [0.5, 0.6) is 5.75 Å². The first-order valence-electron chi connectivity index (χ1n) is 5.25. The lowest BCUT2D eigenvalue weighted by Gasteiger charge is -2.08. The number of benzene rings is 1. The zero-order valence-electron chi connectivity index (χ0n) is 9.86. The van der Waals surface area contributed by atoms with Crippen molar-refractivity contribution in [2.45, 2.75) is 6.54 Å². The van der Waals surface area contributed by atoms with E-state index in [9.17, 15) is 9.18 Å².